The van der Waals surface area contributed by atoms with Gasteiger partial charge in [0.25, 0.3) is 0 Å². The average molecular weight is 274 g/mol. The SMILES string of the molecule is O=C(O)c1cc(-c2ncc(Br)s2)[nH]n1. The summed E-state index contributed by atoms with van der Waals surface area (Å²) in [7, 11) is 0. The van der Waals surface area contributed by atoms with Gasteiger partial charge in [0.1, 0.15) is 5.01 Å². The standard InChI is InChI=1S/C7H4BrN3O2S/c8-5-2-9-6(14-5)3-1-4(7(12)13)11-10-3/h1-2H,(H,10,11)(H,12,13). The summed E-state index contributed by atoms with van der Waals surface area (Å²) in [5, 5.41) is 15.6. The lowest BCUT2D eigenvalue weighted by molar-refractivity contribution is 0.0690. The van der Waals surface area contributed by atoms with Crippen LogP contribution < -0.4 is 0 Å². The van der Waals surface area contributed by atoms with Crippen molar-refractivity contribution in [3.8, 4) is 10.7 Å². The lowest BCUT2D eigenvalue weighted by atomic mass is 10.4. The molecule has 0 aromatic carbocycles. The zero-order valence-corrected chi connectivity index (χ0v) is 9.09. The van der Waals surface area contributed by atoms with E-state index in [1.807, 2.05) is 0 Å². The van der Waals surface area contributed by atoms with Crippen molar-refractivity contribution in [3.63, 3.8) is 0 Å². The fraction of sp³-hybridized carbons (Fsp3) is 0. The van der Waals surface area contributed by atoms with Crippen molar-refractivity contribution < 1.29 is 9.90 Å². The fourth-order valence-corrected chi connectivity index (χ4v) is 2.09. The van der Waals surface area contributed by atoms with E-state index in [1.165, 1.54) is 17.4 Å². The van der Waals surface area contributed by atoms with Gasteiger partial charge in [-0.2, -0.15) is 5.10 Å². The Labute approximate surface area is 90.9 Å². The van der Waals surface area contributed by atoms with Gasteiger partial charge in [-0.25, -0.2) is 9.78 Å². The topological polar surface area (TPSA) is 78.9 Å². The molecule has 0 fully saturated rings. The molecule has 2 heterocycles. The van der Waals surface area contributed by atoms with Crippen molar-refractivity contribution in [1.29, 1.82) is 0 Å². The summed E-state index contributed by atoms with van der Waals surface area (Å²) in [5.74, 6) is -1.05. The van der Waals surface area contributed by atoms with E-state index in [-0.39, 0.29) is 5.69 Å². The largest absolute Gasteiger partial charge is 0.476 e. The Balaban J connectivity index is 2.38. The van der Waals surface area contributed by atoms with Gasteiger partial charge in [0, 0.05) is 6.07 Å². The highest BCUT2D eigenvalue weighted by atomic mass is 79.9. The van der Waals surface area contributed by atoms with E-state index < -0.39 is 5.97 Å². The molecule has 0 saturated heterocycles. The van der Waals surface area contributed by atoms with Crippen molar-refractivity contribution >= 4 is 33.2 Å². The number of halogens is 1. The highest BCUT2D eigenvalue weighted by molar-refractivity contribution is 9.11. The zero-order valence-electron chi connectivity index (χ0n) is 6.69. The molecular formula is C7H4BrN3O2S. The van der Waals surface area contributed by atoms with Crippen molar-refractivity contribution in [2.24, 2.45) is 0 Å². The number of aromatic nitrogens is 3. The van der Waals surface area contributed by atoms with Crippen molar-refractivity contribution in [2.45, 2.75) is 0 Å². The summed E-state index contributed by atoms with van der Waals surface area (Å²) >= 11 is 4.68. The molecule has 7 heteroatoms. The van der Waals surface area contributed by atoms with Crippen LogP contribution in [0.25, 0.3) is 10.7 Å². The number of rotatable bonds is 2. The van der Waals surface area contributed by atoms with Crippen LogP contribution in [0.1, 0.15) is 10.5 Å². The molecule has 0 aliphatic carbocycles. The number of H-pyrrole nitrogens is 1. The number of carboxylic acid groups (broad SMARTS) is 1. The number of thiazole rings is 1. The Kier molecular flexibility index (Phi) is 2.34. The molecular weight excluding hydrogens is 270 g/mol. The van der Waals surface area contributed by atoms with E-state index in [4.69, 9.17) is 5.11 Å². The smallest absolute Gasteiger partial charge is 0.356 e. The number of hydrogen-bond acceptors (Lipinski definition) is 4. The first-order valence-electron chi connectivity index (χ1n) is 3.57. The van der Waals surface area contributed by atoms with E-state index in [1.54, 1.807) is 6.20 Å². The van der Waals surface area contributed by atoms with E-state index in [2.05, 4.69) is 31.1 Å². The van der Waals surface area contributed by atoms with Crippen LogP contribution in [0.5, 0.6) is 0 Å². The quantitative estimate of drug-likeness (QED) is 0.877. The molecule has 0 atom stereocenters. The van der Waals surface area contributed by atoms with Gasteiger partial charge in [0.2, 0.25) is 0 Å². The normalized spacial score (nSPS) is 10.4. The molecule has 2 rings (SSSR count). The first-order valence-corrected chi connectivity index (χ1v) is 5.18. The van der Waals surface area contributed by atoms with Crippen LogP contribution >= 0.6 is 27.3 Å². The van der Waals surface area contributed by atoms with E-state index in [0.29, 0.717) is 10.7 Å². The maximum atomic E-state index is 10.5. The number of aromatic amines is 1. The second kappa shape index (κ2) is 3.50. The third kappa shape index (κ3) is 1.68. The molecule has 2 N–H and O–H groups in total. The maximum Gasteiger partial charge on any atom is 0.356 e. The molecule has 0 unspecified atom stereocenters. The summed E-state index contributed by atoms with van der Waals surface area (Å²) in [4.78, 5) is 14.6. The molecule has 0 amide bonds. The minimum Gasteiger partial charge on any atom is -0.476 e. The van der Waals surface area contributed by atoms with E-state index in [0.717, 1.165) is 3.79 Å². The molecule has 2 aromatic heterocycles. The van der Waals surface area contributed by atoms with Crippen LogP contribution in [0.2, 0.25) is 0 Å². The van der Waals surface area contributed by atoms with Gasteiger partial charge < -0.3 is 5.11 Å². The fourth-order valence-electron chi connectivity index (χ4n) is 0.920. The molecule has 0 aliphatic rings. The third-order valence-corrected chi connectivity index (χ3v) is 3.01. The summed E-state index contributed by atoms with van der Waals surface area (Å²) in [6.45, 7) is 0. The first-order chi connectivity index (χ1) is 6.66. The van der Waals surface area contributed by atoms with Crippen LogP contribution in [0.3, 0.4) is 0 Å². The van der Waals surface area contributed by atoms with Crippen molar-refractivity contribution in [2.75, 3.05) is 0 Å². The number of carboxylic acids is 1. The number of nitrogens with one attached hydrogen (secondary N) is 1. The minimum absolute atomic E-state index is 0.00803. The van der Waals surface area contributed by atoms with Crippen molar-refractivity contribution in [1.82, 2.24) is 15.2 Å². The number of nitrogens with zero attached hydrogens (tertiary/aromatic N) is 2. The predicted octanol–water partition coefficient (Wildman–Crippen LogP) is 1.99. The Bertz CT molecular complexity index is 479. The van der Waals surface area contributed by atoms with Crippen LogP contribution in [-0.4, -0.2) is 26.3 Å². The summed E-state index contributed by atoms with van der Waals surface area (Å²) in [6, 6.07) is 1.45. The Morgan fingerprint density at radius 1 is 1.64 bits per heavy atom. The summed E-state index contributed by atoms with van der Waals surface area (Å²) in [5.41, 5.74) is 0.601. The molecule has 14 heavy (non-hydrogen) atoms. The Morgan fingerprint density at radius 3 is 2.93 bits per heavy atom. The van der Waals surface area contributed by atoms with Gasteiger partial charge in [-0.1, -0.05) is 0 Å². The molecule has 0 radical (unpaired) electrons. The van der Waals surface area contributed by atoms with Crippen LogP contribution in [0.4, 0.5) is 0 Å². The van der Waals surface area contributed by atoms with Gasteiger partial charge in [-0.3, -0.25) is 5.10 Å². The summed E-state index contributed by atoms with van der Waals surface area (Å²) in [6.07, 6.45) is 1.65. The molecule has 0 aliphatic heterocycles. The molecule has 72 valence electrons. The molecule has 0 bridgehead atoms. The maximum absolute atomic E-state index is 10.5. The number of hydrogen-bond donors (Lipinski definition) is 2. The summed E-state index contributed by atoms with van der Waals surface area (Å²) < 4.78 is 0.888. The molecule has 0 saturated carbocycles. The number of aromatic carboxylic acids is 1. The third-order valence-electron chi connectivity index (χ3n) is 1.50. The van der Waals surface area contributed by atoms with Crippen molar-refractivity contribution in [3.05, 3.63) is 21.7 Å². The molecule has 5 nitrogen and oxygen atoms in total. The lowest BCUT2D eigenvalue weighted by Gasteiger charge is -1.84. The van der Waals surface area contributed by atoms with Gasteiger partial charge >= 0.3 is 5.97 Å². The Hall–Kier alpha value is -1.21. The van der Waals surface area contributed by atoms with E-state index in [9.17, 15) is 4.79 Å². The van der Waals surface area contributed by atoms with Gasteiger partial charge in [-0.05, 0) is 15.9 Å². The van der Waals surface area contributed by atoms with Crippen LogP contribution in [-0.2, 0) is 0 Å². The monoisotopic (exact) mass is 273 g/mol. The van der Waals surface area contributed by atoms with Crippen LogP contribution in [0, 0.1) is 0 Å². The predicted molar refractivity (Wildman–Crippen MR) is 54.4 cm³/mol. The Morgan fingerprint density at radius 2 is 2.43 bits per heavy atom. The second-order valence-corrected chi connectivity index (χ2v) is 4.85. The first kappa shape index (κ1) is 9.35. The lowest BCUT2D eigenvalue weighted by Crippen LogP contribution is -1.95. The van der Waals surface area contributed by atoms with E-state index >= 15 is 0 Å². The highest BCUT2D eigenvalue weighted by Crippen LogP contribution is 2.27. The zero-order chi connectivity index (χ0) is 10.1. The molecule has 2 aromatic rings. The highest BCUT2D eigenvalue weighted by Gasteiger charge is 2.11. The van der Waals surface area contributed by atoms with Gasteiger partial charge in [-0.15, -0.1) is 11.3 Å². The van der Waals surface area contributed by atoms with Crippen LogP contribution in [0.15, 0.2) is 16.0 Å². The van der Waals surface area contributed by atoms with Gasteiger partial charge in [0.15, 0.2) is 5.69 Å². The average Bonchev–Trinajstić information content (AvgIpc) is 2.70. The van der Waals surface area contributed by atoms with Gasteiger partial charge in [0.05, 0.1) is 15.7 Å². The second-order valence-electron chi connectivity index (χ2n) is 2.44. The number of carbonyl (C=O) groups is 1. The molecule has 0 spiro atoms. The minimum atomic E-state index is -1.05.